The summed E-state index contributed by atoms with van der Waals surface area (Å²) in [7, 11) is 0. The molecule has 0 atom stereocenters. The van der Waals surface area contributed by atoms with E-state index < -0.39 is 11.6 Å². The van der Waals surface area contributed by atoms with Gasteiger partial charge in [0.05, 0.1) is 5.56 Å². The van der Waals surface area contributed by atoms with E-state index in [1.54, 1.807) is 0 Å². The highest BCUT2D eigenvalue weighted by Crippen LogP contribution is 2.23. The van der Waals surface area contributed by atoms with Crippen LogP contribution in [0.5, 0.6) is 5.75 Å². The maximum atomic E-state index is 13.2. The molecule has 1 aromatic rings. The maximum Gasteiger partial charge on any atom is 0.166 e. The molecule has 1 N–H and O–H groups in total. The number of halogens is 1. The van der Waals surface area contributed by atoms with Crippen LogP contribution in [-0.4, -0.2) is 10.9 Å². The van der Waals surface area contributed by atoms with Gasteiger partial charge in [0, 0.05) is 0 Å². The maximum absolute atomic E-state index is 13.2. The molecule has 0 radical (unpaired) electrons. The van der Waals surface area contributed by atoms with E-state index in [9.17, 15) is 14.3 Å². The highest BCUT2D eigenvalue weighted by Gasteiger charge is 2.13. The number of hydrogen-bond acceptors (Lipinski definition) is 2. The number of phenolic OH excluding ortho intramolecular Hbond substituents is 1. The lowest BCUT2D eigenvalue weighted by atomic mass is 10.1. The zero-order valence-corrected chi connectivity index (χ0v) is 7.60. The first-order valence-electron chi connectivity index (χ1n) is 4.08. The molecule has 2 nitrogen and oxygen atoms in total. The molecule has 70 valence electrons. The van der Waals surface area contributed by atoms with E-state index >= 15 is 0 Å². The normalized spacial score (nSPS) is 10.1. The second-order valence-electron chi connectivity index (χ2n) is 2.88. The summed E-state index contributed by atoms with van der Waals surface area (Å²) in [4.78, 5) is 10.9. The Hall–Kier alpha value is -1.38. The summed E-state index contributed by atoms with van der Waals surface area (Å²) < 4.78 is 13.2. The fourth-order valence-electron chi connectivity index (χ4n) is 1.20. The first kappa shape index (κ1) is 9.71. The Bertz CT molecular complexity index is 322. The Kier molecular flexibility index (Phi) is 2.66. The number of carbonyl (C=O) groups excluding carboxylic acids is 1. The van der Waals surface area contributed by atoms with Crippen molar-refractivity contribution in [1.29, 1.82) is 0 Å². The summed E-state index contributed by atoms with van der Waals surface area (Å²) >= 11 is 0. The van der Waals surface area contributed by atoms with Gasteiger partial charge in [0.15, 0.2) is 5.78 Å². The Morgan fingerprint density at radius 2 is 2.15 bits per heavy atom. The van der Waals surface area contributed by atoms with Gasteiger partial charge in [0.2, 0.25) is 0 Å². The van der Waals surface area contributed by atoms with Crippen molar-refractivity contribution in [2.75, 3.05) is 0 Å². The van der Waals surface area contributed by atoms with E-state index in [0.29, 0.717) is 12.0 Å². The van der Waals surface area contributed by atoms with E-state index in [1.807, 2.05) is 6.92 Å². The van der Waals surface area contributed by atoms with Gasteiger partial charge in [-0.3, -0.25) is 4.79 Å². The average molecular weight is 182 g/mol. The van der Waals surface area contributed by atoms with Crippen LogP contribution < -0.4 is 0 Å². The number of rotatable bonds is 2. The van der Waals surface area contributed by atoms with Gasteiger partial charge in [-0.2, -0.15) is 0 Å². The van der Waals surface area contributed by atoms with Crippen molar-refractivity contribution in [3.05, 3.63) is 29.1 Å². The van der Waals surface area contributed by atoms with Crippen LogP contribution >= 0.6 is 0 Å². The molecule has 0 fully saturated rings. The predicted molar refractivity (Wildman–Crippen MR) is 47.4 cm³/mol. The third kappa shape index (κ3) is 1.86. The molecular formula is C10H11FO2. The van der Waals surface area contributed by atoms with Crippen LogP contribution in [0.3, 0.4) is 0 Å². The van der Waals surface area contributed by atoms with Gasteiger partial charge in [-0.1, -0.05) is 6.92 Å². The summed E-state index contributed by atoms with van der Waals surface area (Å²) in [5, 5.41) is 9.31. The zero-order chi connectivity index (χ0) is 10.0. The molecule has 0 aliphatic heterocycles. The number of phenols is 1. The largest absolute Gasteiger partial charge is 0.507 e. The smallest absolute Gasteiger partial charge is 0.166 e. The van der Waals surface area contributed by atoms with Gasteiger partial charge in [-0.25, -0.2) is 4.39 Å². The summed E-state index contributed by atoms with van der Waals surface area (Å²) in [6.45, 7) is 3.07. The van der Waals surface area contributed by atoms with Gasteiger partial charge in [-0.15, -0.1) is 0 Å². The standard InChI is InChI=1S/C10H11FO2/c1-3-7-4-8(11)10(6(2)12)9(13)5-7/h4-5,13H,3H2,1-2H3. The average Bonchev–Trinajstić information content (AvgIpc) is 2.02. The molecule has 13 heavy (non-hydrogen) atoms. The van der Waals surface area contributed by atoms with Crippen LogP contribution in [0, 0.1) is 5.82 Å². The quantitative estimate of drug-likeness (QED) is 0.712. The lowest BCUT2D eigenvalue weighted by molar-refractivity contribution is 0.101. The van der Waals surface area contributed by atoms with Gasteiger partial charge in [0.25, 0.3) is 0 Å². The molecule has 0 spiro atoms. The topological polar surface area (TPSA) is 37.3 Å². The minimum atomic E-state index is -0.649. The molecule has 0 heterocycles. The highest BCUT2D eigenvalue weighted by atomic mass is 19.1. The van der Waals surface area contributed by atoms with Crippen molar-refractivity contribution in [3.63, 3.8) is 0 Å². The van der Waals surface area contributed by atoms with Gasteiger partial charge < -0.3 is 5.11 Å². The van der Waals surface area contributed by atoms with Gasteiger partial charge >= 0.3 is 0 Å². The van der Waals surface area contributed by atoms with Gasteiger partial charge in [0.1, 0.15) is 11.6 Å². The Balaban J connectivity index is 3.31. The van der Waals surface area contributed by atoms with Crippen molar-refractivity contribution < 1.29 is 14.3 Å². The van der Waals surface area contributed by atoms with Crippen molar-refractivity contribution in [3.8, 4) is 5.75 Å². The predicted octanol–water partition coefficient (Wildman–Crippen LogP) is 2.30. The van der Waals surface area contributed by atoms with Crippen LogP contribution in [0.4, 0.5) is 4.39 Å². The molecule has 0 unspecified atom stereocenters. The van der Waals surface area contributed by atoms with Crippen LogP contribution in [0.2, 0.25) is 0 Å². The number of carbonyl (C=O) groups is 1. The van der Waals surface area contributed by atoms with Crippen molar-refractivity contribution in [2.45, 2.75) is 20.3 Å². The van der Waals surface area contributed by atoms with E-state index in [-0.39, 0.29) is 11.3 Å². The molecule has 0 bridgehead atoms. The van der Waals surface area contributed by atoms with Crippen LogP contribution in [-0.2, 0) is 6.42 Å². The highest BCUT2D eigenvalue weighted by molar-refractivity contribution is 5.97. The first-order valence-corrected chi connectivity index (χ1v) is 4.08. The minimum Gasteiger partial charge on any atom is -0.507 e. The van der Waals surface area contributed by atoms with Crippen LogP contribution in [0.25, 0.3) is 0 Å². The molecule has 0 saturated heterocycles. The Morgan fingerprint density at radius 3 is 2.54 bits per heavy atom. The fraction of sp³-hybridized carbons (Fsp3) is 0.300. The number of ketones is 1. The van der Waals surface area contributed by atoms with Crippen molar-refractivity contribution >= 4 is 5.78 Å². The zero-order valence-electron chi connectivity index (χ0n) is 7.60. The van der Waals surface area contributed by atoms with Crippen molar-refractivity contribution in [1.82, 2.24) is 0 Å². The summed E-state index contributed by atoms with van der Waals surface area (Å²) in [6, 6.07) is 2.69. The molecule has 0 aliphatic rings. The SMILES string of the molecule is CCc1cc(O)c(C(C)=O)c(F)c1. The summed E-state index contributed by atoms with van der Waals surface area (Å²) in [5.41, 5.74) is 0.456. The minimum absolute atomic E-state index is 0.225. The van der Waals surface area contributed by atoms with Crippen LogP contribution in [0.15, 0.2) is 12.1 Å². The van der Waals surface area contributed by atoms with E-state index in [4.69, 9.17) is 0 Å². The Labute approximate surface area is 76.0 Å². The molecule has 0 aliphatic carbocycles. The summed E-state index contributed by atoms with van der Waals surface area (Å²) in [5.74, 6) is -1.38. The third-order valence-corrected chi connectivity index (χ3v) is 1.89. The first-order chi connectivity index (χ1) is 6.06. The van der Waals surface area contributed by atoms with Gasteiger partial charge in [-0.05, 0) is 31.0 Å². The molecule has 3 heteroatoms. The number of aromatic hydroxyl groups is 1. The molecule has 0 amide bonds. The number of aryl methyl sites for hydroxylation is 1. The summed E-state index contributed by atoms with van der Waals surface area (Å²) in [6.07, 6.45) is 0.628. The third-order valence-electron chi connectivity index (χ3n) is 1.89. The van der Waals surface area contributed by atoms with Crippen LogP contribution in [0.1, 0.15) is 29.8 Å². The van der Waals surface area contributed by atoms with E-state index in [2.05, 4.69) is 0 Å². The lowest BCUT2D eigenvalue weighted by Gasteiger charge is -2.04. The van der Waals surface area contributed by atoms with E-state index in [1.165, 1.54) is 19.1 Å². The molecule has 1 aromatic carbocycles. The molecular weight excluding hydrogens is 171 g/mol. The Morgan fingerprint density at radius 1 is 1.54 bits per heavy atom. The number of benzene rings is 1. The lowest BCUT2D eigenvalue weighted by Crippen LogP contribution is -1.99. The molecule has 1 rings (SSSR count). The fourth-order valence-corrected chi connectivity index (χ4v) is 1.20. The number of hydrogen-bond donors (Lipinski definition) is 1. The number of Topliss-reactive ketones (excluding diaryl/α,β-unsaturated/α-hetero) is 1. The second-order valence-corrected chi connectivity index (χ2v) is 2.88. The second kappa shape index (κ2) is 3.56. The van der Waals surface area contributed by atoms with Crippen molar-refractivity contribution in [2.24, 2.45) is 0 Å². The molecule has 0 saturated carbocycles. The van der Waals surface area contributed by atoms with E-state index in [0.717, 1.165) is 0 Å². The monoisotopic (exact) mass is 182 g/mol. The molecule has 0 aromatic heterocycles.